The van der Waals surface area contributed by atoms with E-state index in [0.717, 1.165) is 6.20 Å². The van der Waals surface area contributed by atoms with E-state index in [1.807, 2.05) is 25.8 Å². The van der Waals surface area contributed by atoms with Gasteiger partial charge in [0.05, 0.1) is 0 Å². The van der Waals surface area contributed by atoms with Crippen LogP contribution in [0.2, 0.25) is 0 Å². The molecule has 0 aromatic carbocycles. The summed E-state index contributed by atoms with van der Waals surface area (Å²) in [6, 6.07) is -0.127. The van der Waals surface area contributed by atoms with Gasteiger partial charge >= 0.3 is 11.7 Å². The Morgan fingerprint density at radius 3 is 2.47 bits per heavy atom. The van der Waals surface area contributed by atoms with Crippen molar-refractivity contribution in [3.63, 3.8) is 0 Å². The SMILES string of the molecule is CCC(C(C)C)n1cc(C(=O)O)c(=O)[nH]c1=O. The number of hydrogen-bond donors (Lipinski definition) is 2. The highest BCUT2D eigenvalue weighted by molar-refractivity contribution is 5.86. The van der Waals surface area contributed by atoms with Gasteiger partial charge in [-0.1, -0.05) is 20.8 Å². The second kappa shape index (κ2) is 4.99. The van der Waals surface area contributed by atoms with Crippen molar-refractivity contribution >= 4 is 5.97 Å². The Hall–Kier alpha value is -1.85. The number of rotatable bonds is 4. The molecule has 0 spiro atoms. The Labute approximate surface area is 97.9 Å². The number of carboxylic acid groups (broad SMARTS) is 1. The van der Waals surface area contributed by atoms with E-state index in [1.165, 1.54) is 4.57 Å². The molecule has 1 aromatic rings. The average Bonchev–Trinajstić information content (AvgIpc) is 2.21. The van der Waals surface area contributed by atoms with Crippen LogP contribution in [0.5, 0.6) is 0 Å². The number of aromatic carboxylic acids is 1. The molecule has 1 atom stereocenters. The van der Waals surface area contributed by atoms with Crippen LogP contribution in [0.1, 0.15) is 43.6 Å². The Bertz CT molecular complexity index is 527. The third-order valence-corrected chi connectivity index (χ3v) is 2.74. The maximum absolute atomic E-state index is 11.6. The molecular formula is C11H16N2O4. The van der Waals surface area contributed by atoms with Gasteiger partial charge in [0.2, 0.25) is 0 Å². The van der Waals surface area contributed by atoms with Crippen molar-refractivity contribution in [3.8, 4) is 0 Å². The monoisotopic (exact) mass is 240 g/mol. The van der Waals surface area contributed by atoms with E-state index >= 15 is 0 Å². The van der Waals surface area contributed by atoms with Crippen LogP contribution in [0.25, 0.3) is 0 Å². The van der Waals surface area contributed by atoms with Crippen molar-refractivity contribution in [2.75, 3.05) is 0 Å². The van der Waals surface area contributed by atoms with Gasteiger partial charge < -0.3 is 5.11 Å². The number of aromatic nitrogens is 2. The zero-order chi connectivity index (χ0) is 13.2. The van der Waals surface area contributed by atoms with Gasteiger partial charge in [-0.05, 0) is 12.3 Å². The van der Waals surface area contributed by atoms with Gasteiger partial charge in [0.25, 0.3) is 5.56 Å². The maximum atomic E-state index is 11.6. The Balaban J connectivity index is 3.44. The van der Waals surface area contributed by atoms with Crippen molar-refractivity contribution in [3.05, 3.63) is 32.6 Å². The maximum Gasteiger partial charge on any atom is 0.342 e. The number of nitrogens with zero attached hydrogens (tertiary/aromatic N) is 1. The van der Waals surface area contributed by atoms with E-state index < -0.39 is 22.8 Å². The Kier molecular flexibility index (Phi) is 3.88. The van der Waals surface area contributed by atoms with Gasteiger partial charge in [-0.3, -0.25) is 14.3 Å². The molecule has 2 N–H and O–H groups in total. The largest absolute Gasteiger partial charge is 0.477 e. The fourth-order valence-corrected chi connectivity index (χ4v) is 1.87. The predicted molar refractivity (Wildman–Crippen MR) is 62.4 cm³/mol. The standard InChI is InChI=1S/C11H16N2O4/c1-4-8(6(2)3)13-5-7(10(15)16)9(14)12-11(13)17/h5-6,8H,4H2,1-3H3,(H,15,16)(H,12,14,17). The summed E-state index contributed by atoms with van der Waals surface area (Å²) < 4.78 is 1.29. The predicted octanol–water partition coefficient (Wildman–Crippen LogP) is 0.842. The summed E-state index contributed by atoms with van der Waals surface area (Å²) in [6.07, 6.45) is 1.81. The van der Waals surface area contributed by atoms with Crippen LogP contribution in [0, 0.1) is 5.92 Å². The Morgan fingerprint density at radius 2 is 2.06 bits per heavy atom. The molecule has 1 rings (SSSR count). The van der Waals surface area contributed by atoms with Crippen LogP contribution in [0.3, 0.4) is 0 Å². The molecule has 1 aromatic heterocycles. The fourth-order valence-electron chi connectivity index (χ4n) is 1.87. The number of hydrogen-bond acceptors (Lipinski definition) is 3. The van der Waals surface area contributed by atoms with Crippen LogP contribution < -0.4 is 11.2 Å². The first kappa shape index (κ1) is 13.2. The third-order valence-electron chi connectivity index (χ3n) is 2.74. The van der Waals surface area contributed by atoms with Crippen LogP contribution in [-0.2, 0) is 0 Å². The fraction of sp³-hybridized carbons (Fsp3) is 0.545. The smallest absolute Gasteiger partial charge is 0.342 e. The summed E-state index contributed by atoms with van der Waals surface area (Å²) in [4.78, 5) is 35.8. The highest BCUT2D eigenvalue weighted by atomic mass is 16.4. The summed E-state index contributed by atoms with van der Waals surface area (Å²) in [5.74, 6) is -1.16. The summed E-state index contributed by atoms with van der Waals surface area (Å²) in [7, 11) is 0. The third kappa shape index (κ3) is 2.64. The molecule has 0 aliphatic rings. The van der Waals surface area contributed by atoms with Crippen molar-refractivity contribution in [2.24, 2.45) is 5.92 Å². The average molecular weight is 240 g/mol. The van der Waals surface area contributed by atoms with E-state index in [0.29, 0.717) is 6.42 Å². The minimum absolute atomic E-state index is 0.127. The lowest BCUT2D eigenvalue weighted by molar-refractivity contribution is 0.0693. The van der Waals surface area contributed by atoms with Crippen molar-refractivity contribution in [1.29, 1.82) is 0 Å². The van der Waals surface area contributed by atoms with E-state index in [1.54, 1.807) is 0 Å². The van der Waals surface area contributed by atoms with Crippen LogP contribution >= 0.6 is 0 Å². The van der Waals surface area contributed by atoms with Gasteiger partial charge in [0.15, 0.2) is 0 Å². The molecule has 17 heavy (non-hydrogen) atoms. The lowest BCUT2D eigenvalue weighted by Gasteiger charge is -2.21. The Morgan fingerprint density at radius 1 is 1.47 bits per heavy atom. The number of carboxylic acids is 1. The molecule has 0 amide bonds. The summed E-state index contributed by atoms with van der Waals surface area (Å²) in [5.41, 5.74) is -1.85. The minimum Gasteiger partial charge on any atom is -0.477 e. The minimum atomic E-state index is -1.33. The van der Waals surface area contributed by atoms with Crippen molar-refractivity contribution in [2.45, 2.75) is 33.2 Å². The van der Waals surface area contributed by atoms with E-state index in [4.69, 9.17) is 5.11 Å². The second-order valence-corrected chi connectivity index (χ2v) is 4.23. The summed E-state index contributed by atoms with van der Waals surface area (Å²) in [6.45, 7) is 5.78. The van der Waals surface area contributed by atoms with Crippen LogP contribution in [0.15, 0.2) is 15.8 Å². The van der Waals surface area contributed by atoms with E-state index in [9.17, 15) is 14.4 Å². The number of nitrogens with one attached hydrogen (secondary N) is 1. The van der Waals surface area contributed by atoms with Gasteiger partial charge in [-0.15, -0.1) is 0 Å². The van der Waals surface area contributed by atoms with Gasteiger partial charge in [0, 0.05) is 12.2 Å². The lowest BCUT2D eigenvalue weighted by Crippen LogP contribution is -2.36. The molecule has 1 unspecified atom stereocenters. The van der Waals surface area contributed by atoms with Crippen LogP contribution in [0.4, 0.5) is 0 Å². The normalized spacial score (nSPS) is 12.7. The molecule has 0 radical (unpaired) electrons. The van der Waals surface area contributed by atoms with Crippen molar-refractivity contribution in [1.82, 2.24) is 9.55 Å². The molecule has 0 saturated carbocycles. The molecule has 0 aliphatic carbocycles. The molecule has 1 heterocycles. The first-order valence-corrected chi connectivity index (χ1v) is 5.47. The molecule has 0 saturated heterocycles. The highest BCUT2D eigenvalue weighted by Crippen LogP contribution is 2.18. The topological polar surface area (TPSA) is 92.2 Å². The number of H-pyrrole nitrogens is 1. The second-order valence-electron chi connectivity index (χ2n) is 4.23. The summed E-state index contributed by atoms with van der Waals surface area (Å²) in [5, 5.41) is 8.84. The first-order chi connectivity index (χ1) is 7.88. The quantitative estimate of drug-likeness (QED) is 0.815. The molecule has 0 fully saturated rings. The van der Waals surface area contributed by atoms with Gasteiger partial charge in [-0.2, -0.15) is 0 Å². The molecule has 94 valence electrons. The molecule has 6 heteroatoms. The number of aromatic amines is 1. The zero-order valence-electron chi connectivity index (χ0n) is 10.1. The van der Waals surface area contributed by atoms with E-state index in [-0.39, 0.29) is 12.0 Å². The molecule has 0 aliphatic heterocycles. The highest BCUT2D eigenvalue weighted by Gasteiger charge is 2.18. The molecular weight excluding hydrogens is 224 g/mol. The first-order valence-electron chi connectivity index (χ1n) is 5.47. The molecule has 6 nitrogen and oxygen atoms in total. The van der Waals surface area contributed by atoms with Gasteiger partial charge in [-0.25, -0.2) is 9.59 Å². The zero-order valence-corrected chi connectivity index (χ0v) is 10.1. The van der Waals surface area contributed by atoms with Crippen LogP contribution in [-0.4, -0.2) is 20.6 Å². The lowest BCUT2D eigenvalue weighted by atomic mass is 10.0. The number of carbonyl (C=O) groups is 1. The van der Waals surface area contributed by atoms with E-state index in [2.05, 4.69) is 0 Å². The summed E-state index contributed by atoms with van der Waals surface area (Å²) >= 11 is 0. The van der Waals surface area contributed by atoms with Crippen molar-refractivity contribution < 1.29 is 9.90 Å². The molecule has 0 bridgehead atoms. The van der Waals surface area contributed by atoms with Gasteiger partial charge in [0.1, 0.15) is 5.56 Å².